The van der Waals surface area contributed by atoms with Crippen molar-refractivity contribution in [1.82, 2.24) is 19.7 Å². The van der Waals surface area contributed by atoms with Gasteiger partial charge in [-0.2, -0.15) is 4.98 Å². The first-order valence-corrected chi connectivity index (χ1v) is 13.2. The Morgan fingerprint density at radius 2 is 1.92 bits per heavy atom. The predicted octanol–water partition coefficient (Wildman–Crippen LogP) is 3.89. The number of nitrogens with zero attached hydrogens (tertiary/aromatic N) is 4. The van der Waals surface area contributed by atoms with Crippen LogP contribution in [0.1, 0.15) is 52.6 Å². The minimum atomic E-state index is -0.579. The molecule has 1 unspecified atom stereocenters. The van der Waals surface area contributed by atoms with E-state index in [1.165, 1.54) is 18.9 Å². The van der Waals surface area contributed by atoms with Crippen LogP contribution in [-0.4, -0.2) is 70.7 Å². The maximum absolute atomic E-state index is 13.1. The van der Waals surface area contributed by atoms with Crippen LogP contribution in [0.4, 0.5) is 5.95 Å². The summed E-state index contributed by atoms with van der Waals surface area (Å²) in [7, 11) is 1.54. The fraction of sp³-hybridized carbons (Fsp3) is 0.520. The predicted molar refractivity (Wildman–Crippen MR) is 139 cm³/mol. The van der Waals surface area contributed by atoms with Gasteiger partial charge < -0.3 is 24.4 Å². The van der Waals surface area contributed by atoms with Crippen molar-refractivity contribution in [3.05, 3.63) is 35.0 Å². The van der Waals surface area contributed by atoms with Crippen LogP contribution in [0.15, 0.2) is 34.6 Å². The molecule has 10 nitrogen and oxygen atoms in total. The first-order chi connectivity index (χ1) is 17.4. The number of carbonyl (C=O) groups is 2. The first kappa shape index (κ1) is 27.4. The maximum atomic E-state index is 13.1. The number of methoxy groups -OCH3 is 1. The molecule has 1 aromatic carbocycles. The van der Waals surface area contributed by atoms with E-state index >= 15 is 0 Å². The summed E-state index contributed by atoms with van der Waals surface area (Å²) < 4.78 is 18.6. The standard InChI is InChI=1S/C25H35N5O5S/c1-7-13-34-23(32)21-16(5)26-24-27-25(36-10-4)28-30(24)22(21)17-11-12-18(19(14-17)33-6)35-15-20(31)29(8-2)9-3/h11-12,14,22H,7-10,13,15H2,1-6H3,(H,26,27,28). The Labute approximate surface area is 216 Å². The molecule has 0 radical (unpaired) electrons. The number of nitrogens with one attached hydrogen (secondary N) is 1. The largest absolute Gasteiger partial charge is 0.493 e. The molecule has 0 aliphatic carbocycles. The van der Waals surface area contributed by atoms with Crippen molar-refractivity contribution in [2.75, 3.05) is 44.5 Å². The van der Waals surface area contributed by atoms with E-state index in [-0.39, 0.29) is 12.5 Å². The summed E-state index contributed by atoms with van der Waals surface area (Å²) in [4.78, 5) is 31.8. The molecule has 2 heterocycles. The number of aromatic nitrogens is 3. The zero-order valence-corrected chi connectivity index (χ0v) is 22.6. The molecule has 1 aliphatic rings. The van der Waals surface area contributed by atoms with Gasteiger partial charge in [0.15, 0.2) is 18.1 Å². The second kappa shape index (κ2) is 12.7. The fourth-order valence-corrected chi connectivity index (χ4v) is 4.50. The number of hydrogen-bond donors (Lipinski definition) is 1. The molecule has 1 aliphatic heterocycles. The minimum absolute atomic E-state index is 0.0941. The van der Waals surface area contributed by atoms with Crippen LogP contribution in [0.3, 0.4) is 0 Å². The molecule has 1 atom stereocenters. The topological polar surface area (TPSA) is 108 Å². The van der Waals surface area contributed by atoms with Crippen molar-refractivity contribution >= 4 is 29.6 Å². The summed E-state index contributed by atoms with van der Waals surface area (Å²) >= 11 is 1.52. The summed E-state index contributed by atoms with van der Waals surface area (Å²) in [6, 6.07) is 4.80. The van der Waals surface area contributed by atoms with Gasteiger partial charge in [0.05, 0.1) is 19.3 Å². The smallest absolute Gasteiger partial charge is 0.338 e. The molecule has 3 rings (SSSR count). The third-order valence-corrected chi connectivity index (χ3v) is 6.45. The molecular formula is C25H35N5O5S. The van der Waals surface area contributed by atoms with Crippen molar-refractivity contribution in [3.8, 4) is 11.5 Å². The van der Waals surface area contributed by atoms with E-state index in [9.17, 15) is 9.59 Å². The van der Waals surface area contributed by atoms with E-state index in [2.05, 4.69) is 15.4 Å². The molecule has 1 aromatic heterocycles. The lowest BCUT2D eigenvalue weighted by atomic mass is 9.95. The number of ether oxygens (including phenoxy) is 3. The molecule has 0 saturated carbocycles. The summed E-state index contributed by atoms with van der Waals surface area (Å²) in [6.07, 6.45) is 0.716. The Kier molecular flexibility index (Phi) is 9.63. The number of rotatable bonds is 12. The number of likely N-dealkylation sites (N-methyl/N-ethyl adjacent to an activating group) is 1. The Morgan fingerprint density at radius 1 is 1.17 bits per heavy atom. The first-order valence-electron chi connectivity index (χ1n) is 12.2. The number of fused-ring (bicyclic) bond motifs is 1. The zero-order valence-electron chi connectivity index (χ0n) is 21.8. The van der Waals surface area contributed by atoms with E-state index < -0.39 is 12.0 Å². The monoisotopic (exact) mass is 517 g/mol. The molecule has 2 aromatic rings. The number of allylic oxidation sites excluding steroid dienone is 1. The van der Waals surface area contributed by atoms with Gasteiger partial charge in [-0.3, -0.25) is 4.79 Å². The number of hydrogen-bond acceptors (Lipinski definition) is 9. The number of esters is 1. The summed E-state index contributed by atoms with van der Waals surface area (Å²) in [6.45, 7) is 11.1. The molecular weight excluding hydrogens is 482 g/mol. The van der Waals surface area contributed by atoms with Crippen molar-refractivity contribution in [1.29, 1.82) is 0 Å². The van der Waals surface area contributed by atoms with Crippen molar-refractivity contribution in [2.24, 2.45) is 0 Å². The molecule has 36 heavy (non-hydrogen) atoms. The number of carbonyl (C=O) groups excluding carboxylic acids is 2. The Bertz CT molecular complexity index is 1110. The molecule has 11 heteroatoms. The van der Waals surface area contributed by atoms with Crippen LogP contribution < -0.4 is 14.8 Å². The highest BCUT2D eigenvalue weighted by Crippen LogP contribution is 2.39. The highest BCUT2D eigenvalue weighted by molar-refractivity contribution is 7.99. The number of benzene rings is 1. The molecule has 0 fully saturated rings. The summed E-state index contributed by atoms with van der Waals surface area (Å²) in [5, 5.41) is 8.47. The highest BCUT2D eigenvalue weighted by atomic mass is 32.2. The SMILES string of the molecule is CCCOC(=O)C1=C(C)Nc2nc(SCC)nn2C1c1ccc(OCC(=O)N(CC)CC)c(OC)c1. The van der Waals surface area contributed by atoms with Gasteiger partial charge in [0.2, 0.25) is 11.1 Å². The number of amides is 1. The average molecular weight is 518 g/mol. The van der Waals surface area contributed by atoms with Crippen LogP contribution >= 0.6 is 11.8 Å². The van der Waals surface area contributed by atoms with E-state index in [0.717, 1.165) is 11.3 Å². The lowest BCUT2D eigenvalue weighted by Crippen LogP contribution is -2.34. The molecule has 1 N–H and O–H groups in total. The maximum Gasteiger partial charge on any atom is 0.338 e. The van der Waals surface area contributed by atoms with Gasteiger partial charge in [-0.25, -0.2) is 9.48 Å². The van der Waals surface area contributed by atoms with Gasteiger partial charge in [-0.1, -0.05) is 31.7 Å². The third kappa shape index (κ3) is 5.95. The van der Waals surface area contributed by atoms with E-state index in [4.69, 9.17) is 14.2 Å². The van der Waals surface area contributed by atoms with Gasteiger partial charge in [0.1, 0.15) is 6.04 Å². The van der Waals surface area contributed by atoms with Crippen LogP contribution in [0.25, 0.3) is 0 Å². The number of thioether (sulfide) groups is 1. The molecule has 196 valence electrons. The highest BCUT2D eigenvalue weighted by Gasteiger charge is 2.35. The van der Waals surface area contributed by atoms with E-state index in [1.807, 2.05) is 40.7 Å². The van der Waals surface area contributed by atoms with Crippen LogP contribution in [-0.2, 0) is 14.3 Å². The zero-order chi connectivity index (χ0) is 26.2. The normalized spacial score (nSPS) is 14.7. The van der Waals surface area contributed by atoms with Crippen LogP contribution in [0.5, 0.6) is 11.5 Å². The van der Waals surface area contributed by atoms with Crippen LogP contribution in [0.2, 0.25) is 0 Å². The average Bonchev–Trinajstić information content (AvgIpc) is 3.27. The van der Waals surface area contributed by atoms with E-state index in [1.54, 1.807) is 21.7 Å². The van der Waals surface area contributed by atoms with Crippen molar-refractivity contribution in [2.45, 2.75) is 52.2 Å². The molecule has 1 amide bonds. The minimum Gasteiger partial charge on any atom is -0.493 e. The van der Waals surface area contributed by atoms with Gasteiger partial charge in [-0.05, 0) is 50.6 Å². The van der Waals surface area contributed by atoms with Gasteiger partial charge >= 0.3 is 5.97 Å². The third-order valence-electron chi connectivity index (χ3n) is 5.73. The second-order valence-electron chi connectivity index (χ2n) is 8.06. The van der Waals surface area contributed by atoms with Gasteiger partial charge in [0, 0.05) is 18.8 Å². The lowest BCUT2D eigenvalue weighted by Gasteiger charge is -2.28. The Hall–Kier alpha value is -3.21. The molecule has 0 saturated heterocycles. The summed E-state index contributed by atoms with van der Waals surface area (Å²) in [5.41, 5.74) is 1.84. The van der Waals surface area contributed by atoms with Crippen LogP contribution in [0, 0.1) is 0 Å². The van der Waals surface area contributed by atoms with Gasteiger partial charge in [0.25, 0.3) is 5.91 Å². The Morgan fingerprint density at radius 3 is 2.56 bits per heavy atom. The molecule has 0 spiro atoms. The van der Waals surface area contributed by atoms with E-state index in [0.29, 0.717) is 60.0 Å². The lowest BCUT2D eigenvalue weighted by molar-refractivity contribution is -0.139. The molecule has 0 bridgehead atoms. The fourth-order valence-electron chi connectivity index (χ4n) is 3.95. The van der Waals surface area contributed by atoms with Crippen molar-refractivity contribution < 1.29 is 23.8 Å². The van der Waals surface area contributed by atoms with Gasteiger partial charge in [-0.15, -0.1) is 5.10 Å². The Balaban J connectivity index is 1.99. The van der Waals surface area contributed by atoms with Crippen molar-refractivity contribution in [3.63, 3.8) is 0 Å². The number of anilines is 1. The quantitative estimate of drug-likeness (QED) is 0.331. The summed E-state index contributed by atoms with van der Waals surface area (Å²) in [5.74, 6) is 1.73. The second-order valence-corrected chi connectivity index (χ2v) is 9.29.